The van der Waals surface area contributed by atoms with E-state index in [9.17, 15) is 0 Å². The highest BCUT2D eigenvalue weighted by Gasteiger charge is 2.25. The summed E-state index contributed by atoms with van der Waals surface area (Å²) in [7, 11) is -0.980. The van der Waals surface area contributed by atoms with Crippen molar-refractivity contribution in [3.63, 3.8) is 0 Å². The van der Waals surface area contributed by atoms with E-state index >= 15 is 0 Å². The number of benzene rings is 1. The first kappa shape index (κ1) is 14.2. The number of hydrogen-bond donors (Lipinski definition) is 0. The molecule has 0 amide bonds. The van der Waals surface area contributed by atoms with Gasteiger partial charge < -0.3 is 4.74 Å². The minimum absolute atomic E-state index is 0.350. The van der Waals surface area contributed by atoms with Gasteiger partial charge in [-0.2, -0.15) is 0 Å². The number of fused-ring (bicyclic) bond motifs is 1. The summed E-state index contributed by atoms with van der Waals surface area (Å²) in [4.78, 5) is 4.59. The van der Waals surface area contributed by atoms with Crippen molar-refractivity contribution in [2.75, 3.05) is 13.2 Å². The third kappa shape index (κ3) is 3.65. The molecule has 18 heavy (non-hydrogen) atoms. The Morgan fingerprint density at radius 1 is 1.28 bits per heavy atom. The normalized spacial score (nSPS) is 18.7. The van der Waals surface area contributed by atoms with Gasteiger partial charge in [-0.25, -0.2) is 4.99 Å². The second-order valence-electron chi connectivity index (χ2n) is 5.93. The summed E-state index contributed by atoms with van der Waals surface area (Å²) in [5, 5.41) is 0. The van der Waals surface area contributed by atoms with Crippen LogP contribution in [-0.2, 0) is 4.74 Å². The summed E-state index contributed by atoms with van der Waals surface area (Å²) in [6.45, 7) is 8.80. The Morgan fingerprint density at radius 3 is 2.72 bits per heavy atom. The van der Waals surface area contributed by atoms with E-state index in [4.69, 9.17) is 4.74 Å². The summed E-state index contributed by atoms with van der Waals surface area (Å²) < 4.78 is 7.02. The Morgan fingerprint density at radius 2 is 2.00 bits per heavy atom. The lowest BCUT2D eigenvalue weighted by Gasteiger charge is -2.17. The fourth-order valence-electron chi connectivity index (χ4n) is 1.94. The Bertz CT molecular complexity index is 453. The number of ether oxygens (including phenoxy) is 1. The highest BCUT2D eigenvalue weighted by atomic mass is 127. The molecule has 1 aliphatic rings. The quantitative estimate of drug-likeness (QED) is 0.420. The highest BCUT2D eigenvalue weighted by molar-refractivity contribution is 14.1. The van der Waals surface area contributed by atoms with Gasteiger partial charge in [-0.05, 0) is 40.3 Å². The third-order valence-corrected chi connectivity index (χ3v) is 5.81. The maximum atomic E-state index is 5.87. The van der Waals surface area contributed by atoms with Crippen molar-refractivity contribution in [1.82, 2.24) is 0 Å². The first-order chi connectivity index (χ1) is 8.47. The summed E-state index contributed by atoms with van der Waals surface area (Å²) in [6.07, 6.45) is 0. The van der Waals surface area contributed by atoms with Crippen LogP contribution in [0, 0.1) is 0 Å². The molecule has 0 aliphatic carbocycles. The first-order valence-electron chi connectivity index (χ1n) is 6.38. The lowest BCUT2D eigenvalue weighted by molar-refractivity contribution is 0.145. The number of para-hydroxylation sites is 1. The molecule has 1 heterocycles. The van der Waals surface area contributed by atoms with Gasteiger partial charge in [0.05, 0.1) is 21.9 Å². The van der Waals surface area contributed by atoms with Gasteiger partial charge in [-0.3, -0.25) is 0 Å². The number of nitrogens with zero attached hydrogens (tertiary/aromatic N) is 1. The Hall–Kier alpha value is -0.203. The molecule has 0 fully saturated rings. The van der Waals surface area contributed by atoms with E-state index in [0.717, 1.165) is 22.6 Å². The van der Waals surface area contributed by atoms with E-state index < -0.39 is 8.07 Å². The van der Waals surface area contributed by atoms with Gasteiger partial charge in [0.25, 0.3) is 0 Å². The van der Waals surface area contributed by atoms with Crippen LogP contribution in [0.1, 0.15) is 11.5 Å². The van der Waals surface area contributed by atoms with Gasteiger partial charge in [0.1, 0.15) is 0 Å². The van der Waals surface area contributed by atoms with Crippen molar-refractivity contribution in [3.8, 4) is 0 Å². The minimum Gasteiger partial charge on any atom is -0.381 e. The predicted octanol–water partition coefficient (Wildman–Crippen LogP) is 4.60. The maximum absolute atomic E-state index is 5.87. The topological polar surface area (TPSA) is 21.6 Å². The molecule has 0 saturated heterocycles. The fraction of sp³-hybridized carbons (Fsp3) is 0.500. The molecule has 2 nitrogen and oxygen atoms in total. The van der Waals surface area contributed by atoms with Crippen LogP contribution >= 0.6 is 22.6 Å². The second-order valence-corrected chi connectivity index (χ2v) is 12.7. The van der Waals surface area contributed by atoms with Crippen molar-refractivity contribution < 1.29 is 4.74 Å². The van der Waals surface area contributed by atoms with Gasteiger partial charge in [0.15, 0.2) is 0 Å². The Kier molecular flexibility index (Phi) is 4.61. The summed E-state index contributed by atoms with van der Waals surface area (Å²) in [5.41, 5.74) is 2.43. The molecule has 0 bridgehead atoms. The molecule has 0 N–H and O–H groups in total. The number of rotatable bonds is 5. The van der Waals surface area contributed by atoms with Gasteiger partial charge in [-0.1, -0.05) is 37.8 Å². The van der Waals surface area contributed by atoms with Gasteiger partial charge in [0, 0.05) is 14.7 Å². The summed E-state index contributed by atoms with van der Waals surface area (Å²) in [6, 6.07) is 9.60. The first-order valence-corrected chi connectivity index (χ1v) is 11.2. The zero-order valence-electron chi connectivity index (χ0n) is 11.2. The van der Waals surface area contributed by atoms with E-state index in [2.05, 4.69) is 65.4 Å². The molecule has 1 unspecified atom stereocenters. The smallest absolute Gasteiger partial charge is 0.0889 e. The van der Waals surface area contributed by atoms with Crippen molar-refractivity contribution in [1.29, 1.82) is 0 Å². The van der Waals surface area contributed by atoms with Crippen LogP contribution in [0.2, 0.25) is 25.7 Å². The van der Waals surface area contributed by atoms with Crippen molar-refractivity contribution >= 4 is 40.1 Å². The minimum atomic E-state index is -0.980. The molecule has 1 aromatic carbocycles. The van der Waals surface area contributed by atoms with Crippen molar-refractivity contribution in [2.45, 2.75) is 31.6 Å². The lowest BCUT2D eigenvalue weighted by Crippen LogP contribution is -2.22. The molecule has 4 heteroatoms. The average molecular weight is 373 g/mol. The van der Waals surface area contributed by atoms with E-state index in [-0.39, 0.29) is 0 Å². The van der Waals surface area contributed by atoms with Gasteiger partial charge in [-0.15, -0.1) is 0 Å². The van der Waals surface area contributed by atoms with E-state index in [1.165, 1.54) is 11.6 Å². The molecule has 1 aromatic rings. The zero-order valence-corrected chi connectivity index (χ0v) is 14.4. The van der Waals surface area contributed by atoms with E-state index in [1.54, 1.807) is 0 Å². The van der Waals surface area contributed by atoms with E-state index in [1.807, 2.05) is 6.07 Å². The molecule has 0 aromatic heterocycles. The molecule has 0 radical (unpaired) electrons. The Labute approximate surface area is 124 Å². The van der Waals surface area contributed by atoms with E-state index in [0.29, 0.717) is 5.92 Å². The van der Waals surface area contributed by atoms with Crippen molar-refractivity contribution in [3.05, 3.63) is 29.8 Å². The largest absolute Gasteiger partial charge is 0.381 e. The van der Waals surface area contributed by atoms with Gasteiger partial charge in [0.2, 0.25) is 0 Å². The molecule has 1 aliphatic heterocycles. The number of aliphatic imine (C=N–C) groups is 1. The van der Waals surface area contributed by atoms with Crippen LogP contribution in [0.25, 0.3) is 0 Å². The molecule has 1 atom stereocenters. The van der Waals surface area contributed by atoms with Crippen LogP contribution in [0.15, 0.2) is 29.3 Å². The molecule has 0 spiro atoms. The molecule has 0 saturated carbocycles. The fourth-order valence-corrected chi connectivity index (χ4v) is 3.48. The van der Waals surface area contributed by atoms with Crippen LogP contribution in [0.4, 0.5) is 5.69 Å². The summed E-state index contributed by atoms with van der Waals surface area (Å²) >= 11 is 2.34. The average Bonchev–Trinajstić information content (AvgIpc) is 2.59. The number of halogens is 1. The standard InChI is InChI=1S/C14H20INOSi/c1-18(2,3)9-8-17-10-12-11-6-4-5-7-13(11)16-14(12)15/h4-7,12H,8-10H2,1-3H3. The third-order valence-electron chi connectivity index (χ3n) is 3.11. The van der Waals surface area contributed by atoms with Crippen LogP contribution < -0.4 is 0 Å². The molecule has 98 valence electrons. The highest BCUT2D eigenvalue weighted by Crippen LogP contribution is 2.37. The SMILES string of the molecule is C[Si](C)(C)CCOCC1C(I)=Nc2ccccc21. The second kappa shape index (κ2) is 5.84. The molecular weight excluding hydrogens is 353 g/mol. The van der Waals surface area contributed by atoms with Crippen LogP contribution in [0.3, 0.4) is 0 Å². The van der Waals surface area contributed by atoms with Gasteiger partial charge >= 0.3 is 0 Å². The maximum Gasteiger partial charge on any atom is 0.0889 e. The number of hydrogen-bond acceptors (Lipinski definition) is 2. The monoisotopic (exact) mass is 373 g/mol. The molecular formula is C14H20INOSi. The molecule has 2 rings (SSSR count). The van der Waals surface area contributed by atoms with Crippen LogP contribution in [0.5, 0.6) is 0 Å². The predicted molar refractivity (Wildman–Crippen MR) is 89.3 cm³/mol. The Balaban J connectivity index is 1.89. The van der Waals surface area contributed by atoms with Crippen molar-refractivity contribution in [2.24, 2.45) is 4.99 Å². The lowest BCUT2D eigenvalue weighted by atomic mass is 10.0. The van der Waals surface area contributed by atoms with Crippen LogP contribution in [-0.4, -0.2) is 25.0 Å². The zero-order chi connectivity index (χ0) is 13.2. The summed E-state index contributed by atoms with van der Waals surface area (Å²) in [5.74, 6) is 0.350.